The lowest BCUT2D eigenvalue weighted by Crippen LogP contribution is -2.43. The lowest BCUT2D eigenvalue weighted by Gasteiger charge is -2.31. The molecule has 0 radical (unpaired) electrons. The number of hydrogen-bond acceptors (Lipinski definition) is 7. The van der Waals surface area contributed by atoms with Gasteiger partial charge in [-0.05, 0) is 70.9 Å². The first kappa shape index (κ1) is 58.8. The quantitative estimate of drug-likeness (QED) is 0.0279. The van der Waals surface area contributed by atoms with E-state index in [1.165, 1.54) is 109 Å². The van der Waals surface area contributed by atoms with Gasteiger partial charge < -0.3 is 18.9 Å². The maximum atomic E-state index is 12.9. The molecule has 0 unspecified atom stereocenters. The number of esters is 2. The third-order valence-corrected chi connectivity index (χ3v) is 13.0. The van der Waals surface area contributed by atoms with Crippen molar-refractivity contribution in [2.75, 3.05) is 59.2 Å². The molecule has 0 saturated heterocycles. The fourth-order valence-corrected chi connectivity index (χ4v) is 8.74. The number of rotatable bonds is 47. The zero-order chi connectivity index (χ0) is 44.4. The monoisotopic (exact) mass is 874 g/mol. The second-order valence-corrected chi connectivity index (χ2v) is 20.4. The van der Waals surface area contributed by atoms with Crippen LogP contribution in [0.15, 0.2) is 0 Å². The molecule has 0 aromatic rings. The minimum atomic E-state index is -3.93. The third kappa shape index (κ3) is 43.4. The van der Waals surface area contributed by atoms with E-state index in [2.05, 4.69) is 39.8 Å². The van der Waals surface area contributed by atoms with E-state index in [9.17, 15) is 18.0 Å². The van der Waals surface area contributed by atoms with E-state index in [1.807, 2.05) is 0 Å². The van der Waals surface area contributed by atoms with E-state index in [0.29, 0.717) is 32.4 Å². The molecule has 0 atom stereocenters. The lowest BCUT2D eigenvalue weighted by molar-refractivity contribution is -0.890. The Balaban J connectivity index is 4.60. The highest BCUT2D eigenvalue weighted by molar-refractivity contribution is 7.85. The Hall–Kier alpha value is -1.23. The molecule has 0 amide bonds. The molecule has 0 aliphatic carbocycles. The van der Waals surface area contributed by atoms with Crippen LogP contribution in [0, 0.1) is 0 Å². The summed E-state index contributed by atoms with van der Waals surface area (Å²) < 4.78 is 43.8. The van der Waals surface area contributed by atoms with Crippen molar-refractivity contribution in [2.24, 2.45) is 0 Å². The average Bonchev–Trinajstić information content (AvgIpc) is 3.19. The highest BCUT2D eigenvalue weighted by atomic mass is 32.2. The third-order valence-electron chi connectivity index (χ3n) is 12.2. The fourth-order valence-electron chi connectivity index (χ4n) is 8.24. The van der Waals surface area contributed by atoms with E-state index in [-0.39, 0.29) is 23.8 Å². The number of quaternary nitrogens is 1. The van der Waals surface area contributed by atoms with Gasteiger partial charge in [0.2, 0.25) is 0 Å². The zero-order valence-corrected chi connectivity index (χ0v) is 41.3. The molecule has 0 aromatic heterocycles. The summed E-state index contributed by atoms with van der Waals surface area (Å²) in [4.78, 5) is 27.7. The van der Waals surface area contributed by atoms with Gasteiger partial charge in [-0.3, -0.25) is 14.1 Å². The highest BCUT2D eigenvalue weighted by Crippen LogP contribution is 2.19. The summed E-state index contributed by atoms with van der Waals surface area (Å²) in [7, 11) is 0.333. The maximum absolute atomic E-state index is 12.9. The summed E-state index contributed by atoms with van der Waals surface area (Å²) in [5, 5.41) is 0. The van der Waals surface area contributed by atoms with Crippen LogP contribution in [0.25, 0.3) is 0 Å². The van der Waals surface area contributed by atoms with Crippen molar-refractivity contribution in [3.05, 3.63) is 0 Å². The van der Waals surface area contributed by atoms with Crippen molar-refractivity contribution >= 4 is 22.1 Å². The van der Waals surface area contributed by atoms with Crippen molar-refractivity contribution in [2.45, 2.75) is 252 Å². The maximum Gasteiger partial charge on any atom is 0.306 e. The summed E-state index contributed by atoms with van der Waals surface area (Å²) in [6.45, 7) is 12.0. The van der Waals surface area contributed by atoms with Crippen molar-refractivity contribution in [1.29, 1.82) is 0 Å². The molecule has 0 aliphatic heterocycles. The Kier molecular flexibility index (Phi) is 40.9. The van der Waals surface area contributed by atoms with Crippen LogP contribution in [-0.4, -0.2) is 99.6 Å². The number of hydrogen-bond donors (Lipinski definition) is 1. The van der Waals surface area contributed by atoms with Gasteiger partial charge in [0.05, 0.1) is 39.5 Å². The molecule has 0 bridgehead atoms. The van der Waals surface area contributed by atoms with E-state index in [1.54, 1.807) is 0 Å². The molecule has 60 heavy (non-hydrogen) atoms. The molecule has 0 aliphatic rings. The molecule has 0 fully saturated rings. The van der Waals surface area contributed by atoms with Gasteiger partial charge in [-0.2, -0.15) is 8.42 Å². The summed E-state index contributed by atoms with van der Waals surface area (Å²) in [5.74, 6) is -0.252. The van der Waals surface area contributed by atoms with Crippen LogP contribution < -0.4 is 0 Å². The molecule has 9 nitrogen and oxygen atoms in total. The largest absolute Gasteiger partial charge is 0.466 e. The average molecular weight is 874 g/mol. The van der Waals surface area contributed by atoms with E-state index >= 15 is 0 Å². The summed E-state index contributed by atoms with van der Waals surface area (Å²) in [5.41, 5.74) is 0. The summed E-state index contributed by atoms with van der Waals surface area (Å²) >= 11 is 0. The Morgan fingerprint density at radius 1 is 0.500 bits per heavy atom. The topological polar surface area (TPSA) is 110 Å². The first-order valence-corrected chi connectivity index (χ1v) is 27.4. The fraction of sp³-hybridized carbons (Fsp3) is 0.960. The minimum Gasteiger partial charge on any atom is -0.466 e. The molecule has 0 rings (SSSR count). The van der Waals surface area contributed by atoms with Crippen molar-refractivity contribution in [3.63, 3.8) is 0 Å². The van der Waals surface area contributed by atoms with Gasteiger partial charge in [0.1, 0.15) is 6.10 Å². The smallest absolute Gasteiger partial charge is 0.306 e. The number of carbonyl (C=O) groups excluding carboxylic acids is 2. The number of nitrogens with zero attached hydrogens (tertiary/aromatic N) is 2. The summed E-state index contributed by atoms with van der Waals surface area (Å²) in [6.07, 6.45) is 39.4. The van der Waals surface area contributed by atoms with Gasteiger partial charge in [-0.25, -0.2) is 0 Å². The first-order chi connectivity index (χ1) is 28.9. The van der Waals surface area contributed by atoms with Crippen LogP contribution in [0.2, 0.25) is 0 Å². The van der Waals surface area contributed by atoms with E-state index in [4.69, 9.17) is 14.0 Å². The number of carbonyl (C=O) groups is 2. The molecule has 0 heterocycles. The van der Waals surface area contributed by atoms with Gasteiger partial charge in [0.15, 0.2) is 0 Å². The van der Waals surface area contributed by atoms with Crippen molar-refractivity contribution < 1.29 is 36.5 Å². The predicted octanol–water partition coefficient (Wildman–Crippen LogP) is 13.4. The predicted molar refractivity (Wildman–Crippen MR) is 254 cm³/mol. The lowest BCUT2D eigenvalue weighted by atomic mass is 10.0. The Bertz CT molecular complexity index is 1050. The van der Waals surface area contributed by atoms with Gasteiger partial charge in [0, 0.05) is 32.2 Å². The molecule has 0 spiro atoms. The normalized spacial score (nSPS) is 12.2. The Morgan fingerprint density at radius 3 is 1.38 bits per heavy atom. The number of ether oxygens (including phenoxy) is 2. The molecule has 0 saturated carbocycles. The zero-order valence-electron chi connectivity index (χ0n) is 40.5. The molecule has 358 valence electrons. The van der Waals surface area contributed by atoms with Crippen molar-refractivity contribution in [1.82, 2.24) is 4.90 Å². The van der Waals surface area contributed by atoms with Gasteiger partial charge in [-0.1, -0.05) is 162 Å². The summed E-state index contributed by atoms with van der Waals surface area (Å²) in [6, 6.07) is 0. The minimum absolute atomic E-state index is 0.00508. The van der Waals surface area contributed by atoms with Crippen LogP contribution in [0.4, 0.5) is 0 Å². The van der Waals surface area contributed by atoms with Gasteiger partial charge in [0.25, 0.3) is 10.1 Å². The molecule has 10 heteroatoms. The molecular weight excluding hydrogens is 773 g/mol. The standard InChI is InChI=1S/C50H100N2O7S/c1-6-9-12-15-18-19-20-26-34-46-58-49(53)39-31-27-33-42-51(43-35-44-52(4,5)45-36-47-60(55,56)57)41-32-25-21-24-30-40-50(54)59-48(37-28-22-16-13-10-7-2)38-29-23-17-14-11-8-3/h48H,6-47H2,1-5H3/p+1. The number of unbranched alkanes of at least 4 members (excludes halogenated alkanes) is 24. The Morgan fingerprint density at radius 2 is 0.883 bits per heavy atom. The highest BCUT2D eigenvalue weighted by Gasteiger charge is 2.18. The molecule has 0 aromatic carbocycles. The second kappa shape index (κ2) is 41.8. The van der Waals surface area contributed by atoms with Crippen LogP contribution in [0.1, 0.15) is 245 Å². The van der Waals surface area contributed by atoms with Crippen LogP contribution in [0.3, 0.4) is 0 Å². The molecule has 1 N–H and O–H groups in total. The van der Waals surface area contributed by atoms with E-state index in [0.717, 1.165) is 127 Å². The van der Waals surface area contributed by atoms with Crippen LogP contribution in [-0.2, 0) is 29.2 Å². The van der Waals surface area contributed by atoms with Crippen LogP contribution in [0.5, 0.6) is 0 Å². The van der Waals surface area contributed by atoms with Gasteiger partial charge in [-0.15, -0.1) is 0 Å². The van der Waals surface area contributed by atoms with Gasteiger partial charge >= 0.3 is 11.9 Å². The molecular formula is C50H101N2O7S+. The Labute approximate surface area is 373 Å². The SMILES string of the molecule is CCCCCCCCCCCOC(=O)CCCCCN(CCCCCCCC(=O)OC(CCCCCCCC)CCCCCCCC)CCC[N+](C)(C)CCCS(=O)(=O)O. The van der Waals surface area contributed by atoms with Crippen molar-refractivity contribution in [3.8, 4) is 0 Å². The first-order valence-electron chi connectivity index (χ1n) is 25.8. The second-order valence-electron chi connectivity index (χ2n) is 18.8. The van der Waals surface area contributed by atoms with Crippen LogP contribution >= 0.6 is 0 Å². The van der Waals surface area contributed by atoms with E-state index < -0.39 is 10.1 Å².